The second-order valence-electron chi connectivity index (χ2n) is 8.80. The molecule has 1 saturated heterocycles. The zero-order valence-corrected chi connectivity index (χ0v) is 19.7. The van der Waals surface area contributed by atoms with Gasteiger partial charge in [-0.15, -0.1) is 0 Å². The van der Waals surface area contributed by atoms with Gasteiger partial charge in [0, 0.05) is 29.0 Å². The summed E-state index contributed by atoms with van der Waals surface area (Å²) in [5, 5.41) is 11.3. The van der Waals surface area contributed by atoms with Crippen molar-refractivity contribution in [1.29, 1.82) is 0 Å². The van der Waals surface area contributed by atoms with Gasteiger partial charge in [0.05, 0.1) is 23.4 Å². The van der Waals surface area contributed by atoms with Gasteiger partial charge in [-0.1, -0.05) is 90.6 Å². The number of carbonyl (C=O) groups is 1. The number of rotatable bonds is 6. The van der Waals surface area contributed by atoms with Gasteiger partial charge in [0.1, 0.15) is 6.10 Å². The molecule has 5 rings (SSSR count). The smallest absolute Gasteiger partial charge is 0.309 e. The van der Waals surface area contributed by atoms with Crippen LogP contribution in [-0.4, -0.2) is 38.1 Å². The van der Waals surface area contributed by atoms with Gasteiger partial charge in [-0.3, -0.25) is 9.36 Å². The molecule has 0 spiro atoms. The normalized spacial score (nSPS) is 20.2. The van der Waals surface area contributed by atoms with Gasteiger partial charge in [-0.25, -0.2) is 4.98 Å². The molecule has 0 aliphatic carbocycles. The Kier molecular flexibility index (Phi) is 6.26. The van der Waals surface area contributed by atoms with E-state index in [-0.39, 0.29) is 18.5 Å². The molecule has 2 atom stereocenters. The molecule has 0 saturated carbocycles. The summed E-state index contributed by atoms with van der Waals surface area (Å²) in [5.74, 6) is 0.150. The van der Waals surface area contributed by atoms with Gasteiger partial charge in [0.25, 0.3) is 0 Å². The first-order chi connectivity index (χ1) is 16.5. The summed E-state index contributed by atoms with van der Waals surface area (Å²) in [5.41, 5.74) is 3.96. The Balaban J connectivity index is 1.61. The summed E-state index contributed by atoms with van der Waals surface area (Å²) in [6, 6.07) is 30.6. The fourth-order valence-electron chi connectivity index (χ4n) is 4.38. The largest absolute Gasteiger partial charge is 0.461 e. The number of para-hydroxylation sites is 1. The first kappa shape index (κ1) is 22.4. The van der Waals surface area contributed by atoms with Crippen molar-refractivity contribution in [3.05, 3.63) is 91.0 Å². The average molecular weight is 471 g/mol. The van der Waals surface area contributed by atoms with E-state index >= 15 is 0 Å². The summed E-state index contributed by atoms with van der Waals surface area (Å²) in [7, 11) is 0. The zero-order chi connectivity index (χ0) is 23.5. The van der Waals surface area contributed by atoms with E-state index in [1.165, 1.54) is 11.8 Å². The Labute approximate surface area is 203 Å². The van der Waals surface area contributed by atoms with Crippen LogP contribution in [-0.2, 0) is 9.53 Å². The SMILES string of the molecule is C[C@@]1(O)CC(=O)O[C@@H](CSc2nc(-c3ccccc3)c(-c3ccccc3)n2-c2ccccc2)C1. The van der Waals surface area contributed by atoms with Crippen molar-refractivity contribution in [2.24, 2.45) is 0 Å². The Morgan fingerprint density at radius 3 is 2.18 bits per heavy atom. The Morgan fingerprint density at radius 1 is 0.971 bits per heavy atom. The molecule has 34 heavy (non-hydrogen) atoms. The number of aromatic nitrogens is 2. The van der Waals surface area contributed by atoms with E-state index in [0.717, 1.165) is 33.4 Å². The molecular weight excluding hydrogens is 444 g/mol. The highest BCUT2D eigenvalue weighted by atomic mass is 32.2. The lowest BCUT2D eigenvalue weighted by Crippen LogP contribution is -2.42. The van der Waals surface area contributed by atoms with E-state index < -0.39 is 5.60 Å². The summed E-state index contributed by atoms with van der Waals surface area (Å²) in [6.07, 6.45) is 0.0698. The maximum atomic E-state index is 12.0. The summed E-state index contributed by atoms with van der Waals surface area (Å²) >= 11 is 1.54. The third-order valence-corrected chi connectivity index (χ3v) is 6.92. The molecule has 1 aromatic heterocycles. The number of hydrogen-bond acceptors (Lipinski definition) is 5. The molecule has 0 amide bonds. The lowest BCUT2D eigenvalue weighted by molar-refractivity contribution is -0.165. The van der Waals surface area contributed by atoms with Gasteiger partial charge >= 0.3 is 5.97 Å². The Bertz CT molecular complexity index is 1270. The summed E-state index contributed by atoms with van der Waals surface area (Å²) in [4.78, 5) is 17.1. The molecule has 172 valence electrons. The highest BCUT2D eigenvalue weighted by Crippen LogP contribution is 2.39. The van der Waals surface area contributed by atoms with Crippen LogP contribution in [0.1, 0.15) is 19.8 Å². The first-order valence-corrected chi connectivity index (χ1v) is 12.3. The average Bonchev–Trinajstić information content (AvgIpc) is 3.23. The molecule has 1 N–H and O–H groups in total. The number of nitrogens with zero attached hydrogens (tertiary/aromatic N) is 2. The maximum Gasteiger partial charge on any atom is 0.309 e. The highest BCUT2D eigenvalue weighted by Gasteiger charge is 2.36. The number of ether oxygens (including phenoxy) is 1. The van der Waals surface area contributed by atoms with Crippen molar-refractivity contribution < 1.29 is 14.6 Å². The number of aliphatic hydroxyl groups is 1. The molecule has 0 radical (unpaired) electrons. The minimum Gasteiger partial charge on any atom is -0.461 e. The Morgan fingerprint density at radius 2 is 1.56 bits per heavy atom. The standard InChI is InChI=1S/C28H26N2O3S/c1-28(32)17-23(33-24(31)18-28)19-34-27-29-25(20-11-5-2-6-12-20)26(21-13-7-3-8-14-21)30(27)22-15-9-4-10-16-22/h2-16,23,32H,17-19H2,1H3/t23-,28+/m1/s1. The summed E-state index contributed by atoms with van der Waals surface area (Å²) < 4.78 is 7.71. The second kappa shape index (κ2) is 9.49. The third kappa shape index (κ3) is 4.79. The topological polar surface area (TPSA) is 64.3 Å². The maximum absolute atomic E-state index is 12.0. The fourth-order valence-corrected chi connectivity index (χ4v) is 5.38. The predicted octanol–water partition coefficient (Wildman–Crippen LogP) is 5.76. The van der Waals surface area contributed by atoms with E-state index in [2.05, 4.69) is 41.0 Å². The Hall–Kier alpha value is -3.35. The van der Waals surface area contributed by atoms with Crippen molar-refractivity contribution in [3.8, 4) is 28.2 Å². The molecule has 3 aromatic carbocycles. The van der Waals surface area contributed by atoms with Crippen LogP contribution >= 0.6 is 11.8 Å². The van der Waals surface area contributed by atoms with Crippen LogP contribution in [0.5, 0.6) is 0 Å². The molecular formula is C28H26N2O3S. The van der Waals surface area contributed by atoms with Crippen molar-refractivity contribution >= 4 is 17.7 Å². The molecule has 4 aromatic rings. The molecule has 1 fully saturated rings. The van der Waals surface area contributed by atoms with Crippen LogP contribution in [0.15, 0.2) is 96.2 Å². The highest BCUT2D eigenvalue weighted by molar-refractivity contribution is 7.99. The van der Waals surface area contributed by atoms with Crippen LogP contribution < -0.4 is 0 Å². The van der Waals surface area contributed by atoms with Crippen LogP contribution in [0.25, 0.3) is 28.2 Å². The van der Waals surface area contributed by atoms with Crippen LogP contribution in [0.2, 0.25) is 0 Å². The molecule has 2 heterocycles. The molecule has 6 heteroatoms. The number of thioether (sulfide) groups is 1. The first-order valence-electron chi connectivity index (χ1n) is 11.3. The number of benzene rings is 3. The molecule has 1 aliphatic rings. The number of esters is 1. The monoisotopic (exact) mass is 470 g/mol. The summed E-state index contributed by atoms with van der Waals surface area (Å²) in [6.45, 7) is 1.69. The number of hydrogen-bond donors (Lipinski definition) is 1. The molecule has 1 aliphatic heterocycles. The number of carbonyl (C=O) groups excluding carboxylic acids is 1. The van der Waals surface area contributed by atoms with Gasteiger partial charge in [0.15, 0.2) is 5.16 Å². The molecule has 0 bridgehead atoms. The van der Waals surface area contributed by atoms with Gasteiger partial charge in [-0.05, 0) is 19.1 Å². The lowest BCUT2D eigenvalue weighted by atomic mass is 9.93. The van der Waals surface area contributed by atoms with E-state index in [0.29, 0.717) is 12.2 Å². The predicted molar refractivity (Wildman–Crippen MR) is 135 cm³/mol. The van der Waals surface area contributed by atoms with E-state index in [9.17, 15) is 9.90 Å². The van der Waals surface area contributed by atoms with Crippen LogP contribution in [0.4, 0.5) is 0 Å². The van der Waals surface area contributed by atoms with Crippen LogP contribution in [0.3, 0.4) is 0 Å². The van der Waals surface area contributed by atoms with Crippen LogP contribution in [0, 0.1) is 0 Å². The minimum absolute atomic E-state index is 0.0309. The van der Waals surface area contributed by atoms with Crippen molar-refractivity contribution in [3.63, 3.8) is 0 Å². The molecule has 0 unspecified atom stereocenters. The third-order valence-electron chi connectivity index (χ3n) is 5.84. The van der Waals surface area contributed by atoms with Gasteiger partial charge < -0.3 is 9.84 Å². The number of cyclic esters (lactones) is 1. The minimum atomic E-state index is -1.04. The van der Waals surface area contributed by atoms with E-state index in [1.807, 2.05) is 54.6 Å². The van der Waals surface area contributed by atoms with Crippen molar-refractivity contribution in [2.45, 2.75) is 36.6 Å². The molecule has 5 nitrogen and oxygen atoms in total. The van der Waals surface area contributed by atoms with Crippen molar-refractivity contribution in [1.82, 2.24) is 9.55 Å². The number of imidazole rings is 1. The second-order valence-corrected chi connectivity index (χ2v) is 9.78. The lowest BCUT2D eigenvalue weighted by Gasteiger charge is -2.32. The van der Waals surface area contributed by atoms with E-state index in [4.69, 9.17) is 9.72 Å². The van der Waals surface area contributed by atoms with Gasteiger partial charge in [-0.2, -0.15) is 0 Å². The van der Waals surface area contributed by atoms with Crippen molar-refractivity contribution in [2.75, 3.05) is 5.75 Å². The van der Waals surface area contributed by atoms with E-state index in [1.54, 1.807) is 6.92 Å². The fraction of sp³-hybridized carbons (Fsp3) is 0.214. The quantitative estimate of drug-likeness (QED) is 0.287. The zero-order valence-electron chi connectivity index (χ0n) is 18.9. The van der Waals surface area contributed by atoms with Gasteiger partial charge in [0.2, 0.25) is 0 Å².